The Morgan fingerprint density at radius 1 is 0.425 bits per heavy atom. The second-order valence-electron chi connectivity index (χ2n) is 8.69. The van der Waals surface area contributed by atoms with Crippen LogP contribution in [0.5, 0.6) is 23.0 Å². The number of hydrazine groups is 1. The Morgan fingerprint density at radius 3 is 0.850 bits per heavy atom. The maximum Gasteiger partial charge on any atom is 0.128 e. The van der Waals surface area contributed by atoms with Crippen molar-refractivity contribution in [3.63, 3.8) is 0 Å². The molecular weight excluding hydrogens is 538 g/mol. The highest BCUT2D eigenvalue weighted by Gasteiger charge is 2.36. The predicted molar refractivity (Wildman–Crippen MR) is 169 cm³/mol. The first kappa shape index (κ1) is 29.8. The summed E-state index contributed by atoms with van der Waals surface area (Å²) in [4.78, 5) is 0. The SMILES string of the molecule is CCN(N(CC)P(c1ccccc1OC)c1ccccc1OC)P(c1ccccc1OC)c1ccccc1OC. The van der Waals surface area contributed by atoms with E-state index in [2.05, 4.69) is 71.9 Å². The lowest BCUT2D eigenvalue weighted by molar-refractivity contribution is 0.203. The van der Waals surface area contributed by atoms with E-state index in [-0.39, 0.29) is 0 Å². The molecule has 0 spiro atoms. The summed E-state index contributed by atoms with van der Waals surface area (Å²) in [6, 6.07) is 33.2. The van der Waals surface area contributed by atoms with Crippen molar-refractivity contribution in [3.05, 3.63) is 97.1 Å². The van der Waals surface area contributed by atoms with Crippen LogP contribution in [0, 0.1) is 0 Å². The number of hydrogen-bond acceptors (Lipinski definition) is 6. The zero-order valence-electron chi connectivity index (χ0n) is 24.1. The van der Waals surface area contributed by atoms with E-state index in [0.717, 1.165) is 57.3 Å². The molecule has 0 unspecified atom stereocenters. The summed E-state index contributed by atoms with van der Waals surface area (Å²) in [5.74, 6) is 3.42. The van der Waals surface area contributed by atoms with Gasteiger partial charge in [0.25, 0.3) is 0 Å². The molecule has 0 aromatic heterocycles. The molecule has 0 aliphatic heterocycles. The van der Waals surface area contributed by atoms with Crippen LogP contribution in [0.1, 0.15) is 13.8 Å². The van der Waals surface area contributed by atoms with E-state index in [1.165, 1.54) is 0 Å². The molecule has 40 heavy (non-hydrogen) atoms. The monoisotopic (exact) mass is 576 g/mol. The molecule has 0 aliphatic carbocycles. The fourth-order valence-corrected chi connectivity index (χ4v) is 10.4. The molecule has 0 fully saturated rings. The zero-order chi connectivity index (χ0) is 28.5. The lowest BCUT2D eigenvalue weighted by Crippen LogP contribution is -2.44. The summed E-state index contributed by atoms with van der Waals surface area (Å²) >= 11 is 0. The van der Waals surface area contributed by atoms with Gasteiger partial charge in [-0.15, -0.1) is 0 Å². The van der Waals surface area contributed by atoms with Gasteiger partial charge < -0.3 is 18.9 Å². The molecule has 210 valence electrons. The molecule has 0 saturated carbocycles. The van der Waals surface area contributed by atoms with E-state index in [1.807, 2.05) is 48.5 Å². The lowest BCUT2D eigenvalue weighted by atomic mass is 10.3. The van der Waals surface area contributed by atoms with Gasteiger partial charge in [-0.3, -0.25) is 0 Å². The molecule has 0 bridgehead atoms. The van der Waals surface area contributed by atoms with E-state index < -0.39 is 16.1 Å². The second kappa shape index (κ2) is 14.5. The Morgan fingerprint density at radius 2 is 0.650 bits per heavy atom. The highest BCUT2D eigenvalue weighted by Crippen LogP contribution is 2.53. The van der Waals surface area contributed by atoms with Crippen molar-refractivity contribution < 1.29 is 18.9 Å². The summed E-state index contributed by atoms with van der Waals surface area (Å²) in [5, 5.41) is 4.50. The van der Waals surface area contributed by atoms with Crippen LogP contribution >= 0.6 is 16.1 Å². The largest absolute Gasteiger partial charge is 0.496 e. The first-order chi connectivity index (χ1) is 19.6. The number of rotatable bonds is 13. The molecule has 0 saturated heterocycles. The predicted octanol–water partition coefficient (Wildman–Crippen LogP) is 5.68. The molecule has 8 heteroatoms. The number of methoxy groups -OCH3 is 4. The smallest absolute Gasteiger partial charge is 0.128 e. The molecule has 4 rings (SSSR count). The molecule has 0 radical (unpaired) electrons. The fraction of sp³-hybridized carbons (Fsp3) is 0.250. The van der Waals surface area contributed by atoms with Crippen LogP contribution in [-0.4, -0.2) is 51.1 Å². The topological polar surface area (TPSA) is 43.4 Å². The third kappa shape index (κ3) is 6.11. The Labute approximate surface area is 241 Å². The molecule has 0 aliphatic rings. The minimum Gasteiger partial charge on any atom is -0.496 e. The third-order valence-corrected chi connectivity index (χ3v) is 11.9. The Hall–Kier alpha value is -3.14. The van der Waals surface area contributed by atoms with Crippen LogP contribution < -0.4 is 40.2 Å². The van der Waals surface area contributed by atoms with E-state index in [9.17, 15) is 0 Å². The van der Waals surface area contributed by atoms with Crippen molar-refractivity contribution in [1.29, 1.82) is 0 Å². The van der Waals surface area contributed by atoms with Gasteiger partial charge in [0, 0.05) is 34.3 Å². The minimum absolute atomic E-state index is 0.763. The van der Waals surface area contributed by atoms with E-state index >= 15 is 0 Å². The molecule has 4 aromatic rings. The van der Waals surface area contributed by atoms with Gasteiger partial charge in [0.1, 0.15) is 23.0 Å². The van der Waals surface area contributed by atoms with Gasteiger partial charge in [-0.25, -0.2) is 9.56 Å². The van der Waals surface area contributed by atoms with Crippen LogP contribution in [0.4, 0.5) is 0 Å². The number of ether oxygens (including phenoxy) is 4. The second-order valence-corrected chi connectivity index (χ2v) is 12.8. The Balaban J connectivity index is 2.01. The third-order valence-electron chi connectivity index (χ3n) is 6.55. The Kier molecular flexibility index (Phi) is 10.8. The van der Waals surface area contributed by atoms with Crippen molar-refractivity contribution in [2.75, 3.05) is 41.5 Å². The van der Waals surface area contributed by atoms with Crippen molar-refractivity contribution in [3.8, 4) is 23.0 Å². The average molecular weight is 577 g/mol. The van der Waals surface area contributed by atoms with Crippen LogP contribution in [0.3, 0.4) is 0 Å². The molecular formula is C32H38N2O4P2. The van der Waals surface area contributed by atoms with E-state index in [0.29, 0.717) is 0 Å². The Bertz CT molecular complexity index is 1190. The van der Waals surface area contributed by atoms with Crippen molar-refractivity contribution in [1.82, 2.24) is 9.56 Å². The standard InChI is InChI=1S/C32H38N2O4P2/c1-7-33(39(29-21-13-9-17-25(29)35-3)30-22-14-10-18-26(30)36-4)34(8-2)40(31-23-15-11-19-27(31)37-5)32-24-16-12-20-28(32)38-6/h9-24H,7-8H2,1-6H3. The minimum atomic E-state index is -1.11. The average Bonchev–Trinajstić information content (AvgIpc) is 3.02. The summed E-state index contributed by atoms with van der Waals surface area (Å²) in [5.41, 5.74) is 0. The molecule has 6 nitrogen and oxygen atoms in total. The van der Waals surface area contributed by atoms with Gasteiger partial charge in [0.15, 0.2) is 0 Å². The van der Waals surface area contributed by atoms with Crippen LogP contribution in [-0.2, 0) is 0 Å². The highest BCUT2D eigenvalue weighted by atomic mass is 31.1. The van der Waals surface area contributed by atoms with E-state index in [4.69, 9.17) is 18.9 Å². The fourth-order valence-electron chi connectivity index (χ4n) is 4.79. The van der Waals surface area contributed by atoms with Gasteiger partial charge in [-0.1, -0.05) is 62.4 Å². The van der Waals surface area contributed by atoms with Gasteiger partial charge in [0.05, 0.1) is 44.6 Å². The summed E-state index contributed by atoms with van der Waals surface area (Å²) in [6.07, 6.45) is 0. The van der Waals surface area contributed by atoms with Gasteiger partial charge in [-0.2, -0.15) is 0 Å². The van der Waals surface area contributed by atoms with Gasteiger partial charge >= 0.3 is 0 Å². The molecule has 0 heterocycles. The summed E-state index contributed by atoms with van der Waals surface area (Å²) in [6.45, 7) is 5.94. The summed E-state index contributed by atoms with van der Waals surface area (Å²) < 4.78 is 28.7. The number of nitrogens with zero attached hydrogens (tertiary/aromatic N) is 2. The van der Waals surface area contributed by atoms with E-state index in [1.54, 1.807) is 28.4 Å². The lowest BCUT2D eigenvalue weighted by Gasteiger charge is -2.44. The normalized spacial score (nSPS) is 11.3. The number of hydrogen-bond donors (Lipinski definition) is 0. The van der Waals surface area contributed by atoms with Crippen LogP contribution in [0.25, 0.3) is 0 Å². The van der Waals surface area contributed by atoms with Crippen LogP contribution in [0.15, 0.2) is 97.1 Å². The van der Waals surface area contributed by atoms with Crippen molar-refractivity contribution in [2.45, 2.75) is 13.8 Å². The molecule has 4 aromatic carbocycles. The van der Waals surface area contributed by atoms with Gasteiger partial charge in [-0.05, 0) is 48.5 Å². The molecule has 0 N–H and O–H groups in total. The van der Waals surface area contributed by atoms with Crippen molar-refractivity contribution >= 4 is 37.4 Å². The quantitative estimate of drug-likeness (QED) is 0.151. The molecule has 0 amide bonds. The number of para-hydroxylation sites is 4. The van der Waals surface area contributed by atoms with Crippen LogP contribution in [0.2, 0.25) is 0 Å². The highest BCUT2D eigenvalue weighted by molar-refractivity contribution is 7.74. The van der Waals surface area contributed by atoms with Gasteiger partial charge in [0.2, 0.25) is 0 Å². The zero-order valence-corrected chi connectivity index (χ0v) is 25.9. The number of benzene rings is 4. The summed E-state index contributed by atoms with van der Waals surface area (Å²) in [7, 11) is 4.72. The maximum atomic E-state index is 5.93. The first-order valence-corrected chi connectivity index (χ1v) is 15.9. The van der Waals surface area contributed by atoms with Crippen molar-refractivity contribution in [2.24, 2.45) is 0 Å². The molecule has 0 atom stereocenters. The first-order valence-electron chi connectivity index (χ1n) is 13.3. The maximum absolute atomic E-state index is 5.93.